The van der Waals surface area contributed by atoms with Gasteiger partial charge in [-0.25, -0.2) is 0 Å². The summed E-state index contributed by atoms with van der Waals surface area (Å²) in [4.78, 5) is 0. The van der Waals surface area contributed by atoms with Crippen molar-refractivity contribution in [3.8, 4) is 22.3 Å². The zero-order valence-electron chi connectivity index (χ0n) is 27.5. The summed E-state index contributed by atoms with van der Waals surface area (Å²) in [7, 11) is 17.2. The molecule has 0 saturated heterocycles. The van der Waals surface area contributed by atoms with Crippen LogP contribution in [0, 0.1) is 27.7 Å². The molecule has 0 aromatic heterocycles. The second kappa shape index (κ2) is 11.7. The third kappa shape index (κ3) is 4.86. The Balaban J connectivity index is 1.59. The Hall–Kier alpha value is -1.96. The van der Waals surface area contributed by atoms with Gasteiger partial charge in [-0.05, 0) is 0 Å². The van der Waals surface area contributed by atoms with E-state index in [2.05, 4.69) is 140 Å². The molecule has 0 spiro atoms. The molecule has 2 atom stereocenters. The molecule has 0 N–H and O–H groups in total. The third-order valence-corrected chi connectivity index (χ3v) is 62.5. The zero-order valence-corrected chi connectivity index (χ0v) is 32.6. The number of fused-ring (bicyclic) bond motifs is 2. The molecule has 0 bridgehead atoms. The number of aryl methyl sites for hydroxylation is 4. The van der Waals surface area contributed by atoms with Crippen molar-refractivity contribution < 1.29 is 15.6 Å². The Bertz CT molecular complexity index is 1730. The number of rotatable bonds is 7. The van der Waals surface area contributed by atoms with Gasteiger partial charge in [0.05, 0.1) is 0 Å². The van der Waals surface area contributed by atoms with E-state index in [1.165, 1.54) is 77.9 Å². The first-order valence-corrected chi connectivity index (χ1v) is 32.6. The molecule has 0 aliphatic heterocycles. The van der Waals surface area contributed by atoms with Crippen LogP contribution in [0.1, 0.15) is 78.4 Å². The van der Waals surface area contributed by atoms with Gasteiger partial charge in [-0.2, -0.15) is 0 Å². The second-order valence-corrected chi connectivity index (χ2v) is 56.2. The summed E-state index contributed by atoms with van der Waals surface area (Å²) in [6.07, 6.45) is 6.87. The van der Waals surface area contributed by atoms with E-state index in [0.29, 0.717) is 0 Å². The van der Waals surface area contributed by atoms with Crippen LogP contribution in [-0.4, -0.2) is 5.92 Å². The number of hydrogen-bond acceptors (Lipinski definition) is 0. The molecule has 44 heavy (non-hydrogen) atoms. The molecule has 4 heteroatoms. The Morgan fingerprint density at radius 3 is 1.34 bits per heavy atom. The van der Waals surface area contributed by atoms with E-state index in [-0.39, 0.29) is 7.25 Å². The SMILES string of the molecule is CCC1=Cc2c(-c3ccc(C)cc3C)cccc2[CH]1[Zr]([Cl])([Cl])([CH]1C(CC)=Cc2c(-c3ccc(C)cc3C)cccc21)[SiH](C)C. The van der Waals surface area contributed by atoms with Crippen LogP contribution in [0.2, 0.25) is 13.1 Å². The molecule has 2 aliphatic rings. The molecule has 227 valence electrons. The Kier molecular flexibility index (Phi) is 8.50. The summed E-state index contributed by atoms with van der Waals surface area (Å²) >= 11 is -4.77. The summed E-state index contributed by atoms with van der Waals surface area (Å²) in [6.45, 7) is 18.3. The predicted octanol–water partition coefficient (Wildman–Crippen LogP) is 12.6. The predicted molar refractivity (Wildman–Crippen MR) is 195 cm³/mol. The average Bonchev–Trinajstić information content (AvgIpc) is 3.57. The fourth-order valence-corrected chi connectivity index (χ4v) is 40.2. The van der Waals surface area contributed by atoms with E-state index >= 15 is 0 Å². The molecule has 2 aliphatic carbocycles. The fraction of sp³-hybridized carbons (Fsp3) is 0.300. The van der Waals surface area contributed by atoms with E-state index in [1.54, 1.807) is 0 Å². The van der Waals surface area contributed by atoms with Crippen molar-refractivity contribution in [2.75, 3.05) is 0 Å². The van der Waals surface area contributed by atoms with Crippen LogP contribution < -0.4 is 0 Å². The monoisotopic (exact) mass is 713 g/mol. The van der Waals surface area contributed by atoms with Gasteiger partial charge >= 0.3 is 276 Å². The molecule has 0 saturated carbocycles. The van der Waals surface area contributed by atoms with Crippen LogP contribution in [0.15, 0.2) is 83.9 Å². The summed E-state index contributed by atoms with van der Waals surface area (Å²) in [5.41, 5.74) is 18.7. The van der Waals surface area contributed by atoms with Crippen molar-refractivity contribution in [1.82, 2.24) is 0 Å². The van der Waals surface area contributed by atoms with Crippen molar-refractivity contribution in [3.05, 3.63) is 128 Å². The van der Waals surface area contributed by atoms with Crippen molar-refractivity contribution in [2.24, 2.45) is 0 Å². The van der Waals surface area contributed by atoms with Crippen molar-refractivity contribution >= 4 is 35.1 Å². The Labute approximate surface area is 274 Å². The molecule has 0 fully saturated rings. The van der Waals surface area contributed by atoms with E-state index in [1.807, 2.05) is 0 Å². The van der Waals surface area contributed by atoms with Gasteiger partial charge in [0.1, 0.15) is 0 Å². The van der Waals surface area contributed by atoms with Crippen molar-refractivity contribution in [3.63, 3.8) is 0 Å². The standard InChI is InChI=1S/2C19H19.C2H7Si.2ClH.Zr/c2*1-4-15-11-16-6-5-7-18(19(16)12-15)17-9-8-13(2)10-14(17)3;1-3-2;;;/h2*5-12H,4H2,1-3H3;3H,1-2H3;2*1H;/q;;;;;+2/p-2. The Morgan fingerprint density at radius 2 is 1.00 bits per heavy atom. The van der Waals surface area contributed by atoms with Crippen LogP contribution in [0.3, 0.4) is 0 Å². The van der Waals surface area contributed by atoms with Crippen molar-refractivity contribution in [1.29, 1.82) is 0 Å². The van der Waals surface area contributed by atoms with Gasteiger partial charge in [-0.1, -0.05) is 0 Å². The Morgan fingerprint density at radius 1 is 0.591 bits per heavy atom. The molecular weight excluding hydrogens is 671 g/mol. The number of halogens is 2. The summed E-state index contributed by atoms with van der Waals surface area (Å²) in [6, 6.07) is 27.4. The first-order valence-electron chi connectivity index (χ1n) is 16.3. The maximum atomic E-state index is 8.60. The topological polar surface area (TPSA) is 0 Å². The minimum absolute atomic E-state index is 0.118. The van der Waals surface area contributed by atoms with Gasteiger partial charge in [-0.15, -0.1) is 0 Å². The molecule has 4 aromatic carbocycles. The normalized spacial score (nSPS) is 18.5. The van der Waals surface area contributed by atoms with Gasteiger partial charge in [0.15, 0.2) is 0 Å². The molecule has 0 heterocycles. The van der Waals surface area contributed by atoms with E-state index in [4.69, 9.17) is 17.0 Å². The molecular formula is C40H45Cl2SiZr. The molecule has 0 radical (unpaired) electrons. The van der Waals surface area contributed by atoms with Gasteiger partial charge in [0.25, 0.3) is 0 Å². The number of hydrogen-bond donors (Lipinski definition) is 0. The molecule has 6 rings (SSSR count). The van der Waals surface area contributed by atoms with Gasteiger partial charge in [0.2, 0.25) is 0 Å². The average molecular weight is 716 g/mol. The molecule has 0 nitrogen and oxygen atoms in total. The van der Waals surface area contributed by atoms with Gasteiger partial charge < -0.3 is 0 Å². The zero-order chi connectivity index (χ0) is 31.6. The van der Waals surface area contributed by atoms with Crippen LogP contribution in [0.25, 0.3) is 34.4 Å². The third-order valence-electron chi connectivity index (χ3n) is 10.7. The second-order valence-electron chi connectivity index (χ2n) is 13.6. The van der Waals surface area contributed by atoms with Gasteiger partial charge in [0, 0.05) is 0 Å². The molecule has 0 amide bonds. The quantitative estimate of drug-likeness (QED) is 0.167. The van der Waals surface area contributed by atoms with Crippen LogP contribution in [0.4, 0.5) is 0 Å². The number of benzene rings is 4. The molecule has 2 unspecified atom stereocenters. The van der Waals surface area contributed by atoms with Gasteiger partial charge in [-0.3, -0.25) is 0 Å². The minimum atomic E-state index is -4.77. The first kappa shape index (κ1) is 32.0. The summed E-state index contributed by atoms with van der Waals surface area (Å²) in [5, 5.41) is 0. The van der Waals surface area contributed by atoms with E-state index < -0.39 is 21.5 Å². The van der Waals surface area contributed by atoms with Crippen LogP contribution in [0.5, 0.6) is 0 Å². The summed E-state index contributed by atoms with van der Waals surface area (Å²) < 4.78 is 0.237. The van der Waals surface area contributed by atoms with E-state index in [0.717, 1.165) is 12.8 Å². The molecule has 4 aromatic rings. The van der Waals surface area contributed by atoms with E-state index in [9.17, 15) is 0 Å². The fourth-order valence-electron chi connectivity index (χ4n) is 8.38. The van der Waals surface area contributed by atoms with Crippen molar-refractivity contribution in [2.45, 2.75) is 74.7 Å². The number of allylic oxidation sites excluding steroid dienone is 2. The summed E-state index contributed by atoms with van der Waals surface area (Å²) in [5.74, 6) is -1.60. The van der Waals surface area contributed by atoms with Crippen LogP contribution >= 0.6 is 17.0 Å². The first-order chi connectivity index (χ1) is 20.9. The maximum absolute atomic E-state index is 8.60. The van der Waals surface area contributed by atoms with Crippen LogP contribution in [-0.2, 0) is 15.6 Å².